The number of halogens is 2. The van der Waals surface area contributed by atoms with Gasteiger partial charge in [-0.25, -0.2) is 4.39 Å². The molecule has 152 valence electrons. The summed E-state index contributed by atoms with van der Waals surface area (Å²) in [4.78, 5) is 0. The van der Waals surface area contributed by atoms with Crippen LogP contribution in [0.15, 0.2) is 66.7 Å². The summed E-state index contributed by atoms with van der Waals surface area (Å²) in [5, 5.41) is 8.06. The minimum Gasteiger partial charge on any atom is -0.398 e. The summed E-state index contributed by atoms with van der Waals surface area (Å²) in [5.74, 6) is -0.366. The molecular formula is C26H24ClFN2. The molecule has 0 spiro atoms. The number of hydrogen-bond acceptors (Lipinski definition) is 2. The summed E-state index contributed by atoms with van der Waals surface area (Å²) in [7, 11) is 0. The Labute approximate surface area is 182 Å². The van der Waals surface area contributed by atoms with Crippen LogP contribution in [0.2, 0.25) is 5.02 Å². The van der Waals surface area contributed by atoms with E-state index in [4.69, 9.17) is 22.7 Å². The monoisotopic (exact) mass is 418 g/mol. The Bertz CT molecular complexity index is 1130. The molecule has 0 saturated carbocycles. The van der Waals surface area contributed by atoms with Crippen LogP contribution in [-0.4, -0.2) is 6.21 Å². The van der Waals surface area contributed by atoms with Crippen LogP contribution in [0, 0.1) is 11.2 Å². The molecule has 0 radical (unpaired) electrons. The molecule has 3 rings (SSSR count). The van der Waals surface area contributed by atoms with Gasteiger partial charge in [0, 0.05) is 17.5 Å². The average Bonchev–Trinajstić information content (AvgIpc) is 2.74. The third-order valence-electron chi connectivity index (χ3n) is 5.00. The van der Waals surface area contributed by atoms with Crippen molar-refractivity contribution < 1.29 is 4.39 Å². The van der Waals surface area contributed by atoms with Gasteiger partial charge in [-0.05, 0) is 71.0 Å². The van der Waals surface area contributed by atoms with Crippen molar-refractivity contribution in [2.24, 2.45) is 0 Å². The number of nitrogens with one attached hydrogen (secondary N) is 1. The van der Waals surface area contributed by atoms with Gasteiger partial charge in [0.1, 0.15) is 5.82 Å². The van der Waals surface area contributed by atoms with Gasteiger partial charge in [0.15, 0.2) is 0 Å². The molecule has 4 heteroatoms. The summed E-state index contributed by atoms with van der Waals surface area (Å²) in [6.07, 6.45) is 5.99. The molecular weight excluding hydrogens is 395 g/mol. The highest BCUT2D eigenvalue weighted by atomic mass is 35.5. The lowest BCUT2D eigenvalue weighted by Crippen LogP contribution is -1.99. The van der Waals surface area contributed by atoms with Crippen LogP contribution in [0.1, 0.15) is 48.1 Å². The SMILES string of the molecule is C/C=C/c1ccc(/C(=C(/CC)c2ccc(F)cc2Cl)c2ccc(N)c(C=N)c2)cc1. The van der Waals surface area contributed by atoms with Crippen molar-refractivity contribution in [1.29, 1.82) is 5.41 Å². The van der Waals surface area contributed by atoms with Crippen LogP contribution in [0.4, 0.5) is 10.1 Å². The second kappa shape index (κ2) is 9.55. The zero-order chi connectivity index (χ0) is 21.7. The minimum absolute atomic E-state index is 0.366. The van der Waals surface area contributed by atoms with Crippen LogP contribution >= 0.6 is 11.6 Å². The first kappa shape index (κ1) is 21.5. The second-order valence-electron chi connectivity index (χ2n) is 6.94. The highest BCUT2D eigenvalue weighted by Gasteiger charge is 2.16. The first-order chi connectivity index (χ1) is 14.5. The van der Waals surface area contributed by atoms with E-state index in [2.05, 4.69) is 31.2 Å². The molecule has 0 fully saturated rings. The van der Waals surface area contributed by atoms with Crippen molar-refractivity contribution in [3.05, 3.63) is 105 Å². The molecule has 3 aromatic carbocycles. The smallest absolute Gasteiger partial charge is 0.124 e. The van der Waals surface area contributed by atoms with Crippen LogP contribution in [0.5, 0.6) is 0 Å². The van der Waals surface area contributed by atoms with Crippen molar-refractivity contribution in [2.75, 3.05) is 5.73 Å². The third-order valence-corrected chi connectivity index (χ3v) is 5.31. The van der Waals surface area contributed by atoms with Gasteiger partial charge in [-0.2, -0.15) is 0 Å². The molecule has 3 N–H and O–H groups in total. The van der Waals surface area contributed by atoms with E-state index in [-0.39, 0.29) is 5.82 Å². The summed E-state index contributed by atoms with van der Waals surface area (Å²) in [6.45, 7) is 4.04. The zero-order valence-electron chi connectivity index (χ0n) is 17.0. The number of nitrogens with two attached hydrogens (primary N) is 1. The largest absolute Gasteiger partial charge is 0.398 e. The van der Waals surface area contributed by atoms with E-state index < -0.39 is 0 Å². The Morgan fingerprint density at radius 1 is 1.03 bits per heavy atom. The molecule has 0 heterocycles. The summed E-state index contributed by atoms with van der Waals surface area (Å²) in [5.41, 5.74) is 13.0. The molecule has 2 nitrogen and oxygen atoms in total. The molecule has 0 atom stereocenters. The Kier molecular flexibility index (Phi) is 6.86. The van der Waals surface area contributed by atoms with Gasteiger partial charge >= 0.3 is 0 Å². The van der Waals surface area contributed by atoms with Crippen molar-refractivity contribution in [1.82, 2.24) is 0 Å². The first-order valence-electron chi connectivity index (χ1n) is 9.80. The van der Waals surface area contributed by atoms with Crippen molar-refractivity contribution in [2.45, 2.75) is 20.3 Å². The highest BCUT2D eigenvalue weighted by Crippen LogP contribution is 2.38. The lowest BCUT2D eigenvalue weighted by molar-refractivity contribution is 0.628. The Morgan fingerprint density at radius 2 is 1.73 bits per heavy atom. The molecule has 3 aromatic rings. The van der Waals surface area contributed by atoms with Gasteiger partial charge in [-0.15, -0.1) is 0 Å². The van der Waals surface area contributed by atoms with Crippen LogP contribution < -0.4 is 5.73 Å². The average molecular weight is 419 g/mol. The molecule has 0 aromatic heterocycles. The van der Waals surface area contributed by atoms with Gasteiger partial charge in [0.25, 0.3) is 0 Å². The van der Waals surface area contributed by atoms with E-state index in [1.807, 2.05) is 37.3 Å². The van der Waals surface area contributed by atoms with Gasteiger partial charge in [-0.3, -0.25) is 0 Å². The Hall–Kier alpha value is -3.17. The predicted octanol–water partition coefficient (Wildman–Crippen LogP) is 7.46. The van der Waals surface area contributed by atoms with Gasteiger partial charge in [0.05, 0.1) is 5.02 Å². The van der Waals surface area contributed by atoms with Gasteiger partial charge in [-0.1, -0.05) is 67.1 Å². The van der Waals surface area contributed by atoms with Crippen LogP contribution in [0.3, 0.4) is 0 Å². The van der Waals surface area contributed by atoms with Crippen molar-refractivity contribution in [3.63, 3.8) is 0 Å². The van der Waals surface area contributed by atoms with E-state index >= 15 is 0 Å². The van der Waals surface area contributed by atoms with Crippen LogP contribution in [-0.2, 0) is 0 Å². The number of nitrogen functional groups attached to an aromatic ring is 1. The second-order valence-corrected chi connectivity index (χ2v) is 7.35. The molecule has 0 aliphatic carbocycles. The van der Waals surface area contributed by atoms with Crippen molar-refractivity contribution >= 4 is 40.7 Å². The normalized spacial score (nSPS) is 12.1. The molecule has 0 bridgehead atoms. The van der Waals surface area contributed by atoms with Gasteiger partial charge in [0.2, 0.25) is 0 Å². The lowest BCUT2D eigenvalue weighted by atomic mass is 9.87. The quantitative estimate of drug-likeness (QED) is 0.243. The Balaban J connectivity index is 2.32. The molecule has 0 unspecified atom stereocenters. The van der Waals surface area contributed by atoms with Gasteiger partial charge < -0.3 is 11.1 Å². The fourth-order valence-electron chi connectivity index (χ4n) is 3.56. The number of rotatable bonds is 6. The predicted molar refractivity (Wildman–Crippen MR) is 128 cm³/mol. The molecule has 0 aliphatic heterocycles. The fourth-order valence-corrected chi connectivity index (χ4v) is 3.84. The summed E-state index contributed by atoms with van der Waals surface area (Å²) in [6, 6.07) is 18.4. The minimum atomic E-state index is -0.366. The maximum atomic E-state index is 13.7. The summed E-state index contributed by atoms with van der Waals surface area (Å²) < 4.78 is 13.7. The van der Waals surface area contributed by atoms with E-state index in [9.17, 15) is 4.39 Å². The zero-order valence-corrected chi connectivity index (χ0v) is 17.8. The topological polar surface area (TPSA) is 49.9 Å². The third kappa shape index (κ3) is 4.52. The van der Waals surface area contributed by atoms with Crippen LogP contribution in [0.25, 0.3) is 17.2 Å². The number of anilines is 1. The number of allylic oxidation sites excluding steroid dienone is 2. The lowest BCUT2D eigenvalue weighted by Gasteiger charge is -2.18. The number of benzene rings is 3. The molecule has 0 saturated heterocycles. The summed E-state index contributed by atoms with van der Waals surface area (Å²) >= 11 is 6.43. The fraction of sp³-hybridized carbons (Fsp3) is 0.115. The first-order valence-corrected chi connectivity index (χ1v) is 10.2. The number of hydrogen-bond donors (Lipinski definition) is 2. The Morgan fingerprint density at radius 3 is 2.33 bits per heavy atom. The molecule has 30 heavy (non-hydrogen) atoms. The maximum Gasteiger partial charge on any atom is 0.124 e. The van der Waals surface area contributed by atoms with E-state index in [1.54, 1.807) is 6.07 Å². The van der Waals surface area contributed by atoms with E-state index in [0.29, 0.717) is 22.7 Å². The maximum absolute atomic E-state index is 13.7. The molecule has 0 aliphatic rings. The highest BCUT2D eigenvalue weighted by molar-refractivity contribution is 6.32. The standard InChI is InChI=1S/C26H24ClFN2/c1-3-5-17-6-8-18(9-7-17)26(19-10-13-25(30)20(14-19)16-29)22(4-2)23-12-11-21(28)15-24(23)27/h3,5-16,29H,4,30H2,1-2H3/b5-3+,26-22+,29-16?. The van der Waals surface area contributed by atoms with E-state index in [0.717, 1.165) is 33.4 Å². The van der Waals surface area contributed by atoms with E-state index in [1.165, 1.54) is 18.3 Å². The van der Waals surface area contributed by atoms with Crippen molar-refractivity contribution in [3.8, 4) is 0 Å². The molecule has 0 amide bonds.